The molecule has 1 rings (SSSR count). The normalized spacial score (nSPS) is 11.6. The number of nitro groups is 1. The Kier molecular flexibility index (Phi) is 7.68. The zero-order valence-electron chi connectivity index (χ0n) is 14.5. The maximum Gasteiger partial charge on any atom is 0.330 e. The summed E-state index contributed by atoms with van der Waals surface area (Å²) < 4.78 is 10.2. The second kappa shape index (κ2) is 9.50. The highest BCUT2D eigenvalue weighted by molar-refractivity contribution is 5.91. The Morgan fingerprint density at radius 3 is 2.62 bits per heavy atom. The molecule has 6 heteroatoms. The van der Waals surface area contributed by atoms with Gasteiger partial charge in [0.2, 0.25) is 5.75 Å². The van der Waals surface area contributed by atoms with Gasteiger partial charge in [-0.3, -0.25) is 10.1 Å². The molecule has 130 valence electrons. The standard InChI is InChI=1S/C18H23NO5/c1-5-7-8-14-11-15(13(3)10-17(20)23-4)12-16(19(21)22)18(14)24-9-6-2/h5,7,10-12H,6,8-9H2,1-4H3/b7-5+,13-10+. The number of nitro benzene ring substituents is 1. The van der Waals surface area contributed by atoms with Gasteiger partial charge in [-0.1, -0.05) is 19.1 Å². The highest BCUT2D eigenvalue weighted by Crippen LogP contribution is 2.35. The fourth-order valence-corrected chi connectivity index (χ4v) is 2.12. The Hall–Kier alpha value is -2.63. The molecule has 0 aliphatic heterocycles. The van der Waals surface area contributed by atoms with Gasteiger partial charge < -0.3 is 9.47 Å². The van der Waals surface area contributed by atoms with Gasteiger partial charge in [-0.05, 0) is 43.9 Å². The van der Waals surface area contributed by atoms with Crippen molar-refractivity contribution in [1.29, 1.82) is 0 Å². The third-order valence-corrected chi connectivity index (χ3v) is 3.36. The van der Waals surface area contributed by atoms with E-state index in [1.54, 1.807) is 6.92 Å². The molecule has 0 saturated carbocycles. The summed E-state index contributed by atoms with van der Waals surface area (Å²) in [6, 6.07) is 3.24. The highest BCUT2D eigenvalue weighted by Gasteiger charge is 2.21. The third kappa shape index (κ3) is 5.22. The number of rotatable bonds is 8. The number of benzene rings is 1. The lowest BCUT2D eigenvalue weighted by Crippen LogP contribution is -2.04. The molecule has 1 aromatic rings. The van der Waals surface area contributed by atoms with Crippen LogP contribution in [0.3, 0.4) is 0 Å². The molecule has 0 bridgehead atoms. The molecule has 0 aliphatic rings. The second-order valence-corrected chi connectivity index (χ2v) is 5.21. The topological polar surface area (TPSA) is 78.7 Å². The average Bonchev–Trinajstić information content (AvgIpc) is 2.57. The van der Waals surface area contributed by atoms with Crippen LogP contribution >= 0.6 is 0 Å². The molecule has 0 fully saturated rings. The van der Waals surface area contributed by atoms with Crippen molar-refractivity contribution in [2.45, 2.75) is 33.6 Å². The first kappa shape index (κ1) is 19.4. The van der Waals surface area contributed by atoms with Crippen LogP contribution in [0.5, 0.6) is 5.75 Å². The van der Waals surface area contributed by atoms with Crippen LogP contribution in [0.25, 0.3) is 5.57 Å². The summed E-state index contributed by atoms with van der Waals surface area (Å²) in [4.78, 5) is 22.4. The van der Waals surface area contributed by atoms with Crippen LogP contribution in [0.2, 0.25) is 0 Å². The molecule has 0 spiro atoms. The molecule has 6 nitrogen and oxygen atoms in total. The number of carbonyl (C=O) groups excluding carboxylic acids is 1. The number of allylic oxidation sites excluding steroid dienone is 3. The van der Waals surface area contributed by atoms with E-state index in [2.05, 4.69) is 4.74 Å². The van der Waals surface area contributed by atoms with Crippen LogP contribution in [0.4, 0.5) is 5.69 Å². The SMILES string of the molecule is C/C=C/Cc1cc(/C(C)=C/C(=O)OC)cc([N+](=O)[O-])c1OCCC. The van der Waals surface area contributed by atoms with E-state index in [-0.39, 0.29) is 11.4 Å². The van der Waals surface area contributed by atoms with Crippen molar-refractivity contribution in [3.8, 4) is 5.75 Å². The van der Waals surface area contributed by atoms with E-state index in [0.29, 0.717) is 29.7 Å². The number of methoxy groups -OCH3 is 1. The minimum Gasteiger partial charge on any atom is -0.487 e. The van der Waals surface area contributed by atoms with Crippen molar-refractivity contribution in [3.05, 3.63) is 51.6 Å². The van der Waals surface area contributed by atoms with E-state index in [0.717, 1.165) is 6.42 Å². The summed E-state index contributed by atoms with van der Waals surface area (Å²) >= 11 is 0. The predicted molar refractivity (Wildman–Crippen MR) is 93.1 cm³/mol. The summed E-state index contributed by atoms with van der Waals surface area (Å²) in [5.41, 5.74) is 1.80. The zero-order chi connectivity index (χ0) is 18.1. The van der Waals surface area contributed by atoms with Crippen LogP contribution in [0, 0.1) is 10.1 Å². The maximum atomic E-state index is 11.5. The van der Waals surface area contributed by atoms with Crippen molar-refractivity contribution in [2.24, 2.45) is 0 Å². The summed E-state index contributed by atoms with van der Waals surface area (Å²) in [7, 11) is 1.29. The van der Waals surface area contributed by atoms with E-state index in [4.69, 9.17) is 4.74 Å². The Morgan fingerprint density at radius 1 is 1.38 bits per heavy atom. The molecule has 0 amide bonds. The smallest absolute Gasteiger partial charge is 0.330 e. The largest absolute Gasteiger partial charge is 0.487 e. The zero-order valence-corrected chi connectivity index (χ0v) is 14.5. The molecule has 0 heterocycles. The van der Waals surface area contributed by atoms with Crippen molar-refractivity contribution >= 4 is 17.2 Å². The summed E-state index contributed by atoms with van der Waals surface area (Å²) in [6.45, 7) is 5.93. The van der Waals surface area contributed by atoms with Crippen molar-refractivity contribution in [2.75, 3.05) is 13.7 Å². The van der Waals surface area contributed by atoms with Crippen LogP contribution in [0.1, 0.15) is 38.3 Å². The quantitative estimate of drug-likeness (QED) is 0.235. The third-order valence-electron chi connectivity index (χ3n) is 3.36. The molecule has 0 radical (unpaired) electrons. The molecule has 0 saturated heterocycles. The van der Waals surface area contributed by atoms with Gasteiger partial charge >= 0.3 is 11.7 Å². The molecular formula is C18H23NO5. The minimum atomic E-state index is -0.503. The average molecular weight is 333 g/mol. The van der Waals surface area contributed by atoms with Gasteiger partial charge in [-0.2, -0.15) is 0 Å². The van der Waals surface area contributed by atoms with E-state index in [9.17, 15) is 14.9 Å². The van der Waals surface area contributed by atoms with Gasteiger partial charge in [0.15, 0.2) is 0 Å². The van der Waals surface area contributed by atoms with E-state index in [1.807, 2.05) is 32.1 Å². The number of esters is 1. The monoisotopic (exact) mass is 333 g/mol. The summed E-state index contributed by atoms with van der Waals surface area (Å²) in [6.07, 6.45) is 6.35. The molecule has 0 N–H and O–H groups in total. The number of nitrogens with zero attached hydrogens (tertiary/aromatic N) is 1. The van der Waals surface area contributed by atoms with E-state index >= 15 is 0 Å². The molecular weight excluding hydrogens is 310 g/mol. The summed E-state index contributed by atoms with van der Waals surface area (Å²) in [5.74, 6) is -0.217. The minimum absolute atomic E-state index is 0.0990. The Bertz CT molecular complexity index is 662. The van der Waals surface area contributed by atoms with Gasteiger partial charge in [0.05, 0.1) is 18.6 Å². The lowest BCUT2D eigenvalue weighted by Gasteiger charge is -2.13. The van der Waals surface area contributed by atoms with Crippen LogP contribution in [-0.2, 0) is 16.0 Å². The number of hydrogen-bond acceptors (Lipinski definition) is 5. The van der Waals surface area contributed by atoms with Crippen LogP contribution in [-0.4, -0.2) is 24.6 Å². The fraction of sp³-hybridized carbons (Fsp3) is 0.389. The Labute approximate surface area is 141 Å². The highest BCUT2D eigenvalue weighted by atomic mass is 16.6. The number of carbonyl (C=O) groups is 1. The lowest BCUT2D eigenvalue weighted by atomic mass is 10.00. The second-order valence-electron chi connectivity index (χ2n) is 5.21. The summed E-state index contributed by atoms with van der Waals surface area (Å²) in [5, 5.41) is 11.5. The van der Waals surface area contributed by atoms with Crippen LogP contribution in [0.15, 0.2) is 30.4 Å². The van der Waals surface area contributed by atoms with Crippen molar-refractivity contribution in [3.63, 3.8) is 0 Å². The Balaban J connectivity index is 3.47. The van der Waals surface area contributed by atoms with Gasteiger partial charge in [0, 0.05) is 17.7 Å². The molecule has 1 aromatic carbocycles. The molecule has 0 unspecified atom stereocenters. The van der Waals surface area contributed by atoms with Crippen molar-refractivity contribution < 1.29 is 19.2 Å². The van der Waals surface area contributed by atoms with Gasteiger partial charge in [-0.25, -0.2) is 4.79 Å². The van der Waals surface area contributed by atoms with Gasteiger partial charge in [0.1, 0.15) is 0 Å². The first-order valence-corrected chi connectivity index (χ1v) is 7.76. The Morgan fingerprint density at radius 2 is 2.08 bits per heavy atom. The molecule has 0 aromatic heterocycles. The fourth-order valence-electron chi connectivity index (χ4n) is 2.12. The van der Waals surface area contributed by atoms with E-state index in [1.165, 1.54) is 19.3 Å². The maximum absolute atomic E-state index is 11.5. The van der Waals surface area contributed by atoms with Crippen molar-refractivity contribution in [1.82, 2.24) is 0 Å². The van der Waals surface area contributed by atoms with Gasteiger partial charge in [-0.15, -0.1) is 0 Å². The molecule has 0 aliphatic carbocycles. The lowest BCUT2D eigenvalue weighted by molar-refractivity contribution is -0.386. The first-order valence-electron chi connectivity index (χ1n) is 7.76. The first-order chi connectivity index (χ1) is 11.4. The van der Waals surface area contributed by atoms with Gasteiger partial charge in [0.25, 0.3) is 0 Å². The molecule has 0 atom stereocenters. The van der Waals surface area contributed by atoms with Crippen LogP contribution < -0.4 is 4.74 Å². The number of hydrogen-bond donors (Lipinski definition) is 0. The van der Waals surface area contributed by atoms with E-state index < -0.39 is 10.9 Å². The number of ether oxygens (including phenoxy) is 2. The molecule has 24 heavy (non-hydrogen) atoms. The predicted octanol–water partition coefficient (Wildman–Crippen LogP) is 4.08.